The number of benzene rings is 1. The number of nitriles is 1. The maximum atomic E-state index is 12.3. The number of nitrogens with one attached hydrogen (secondary N) is 2. The van der Waals surface area contributed by atoms with Crippen LogP contribution in [0.3, 0.4) is 0 Å². The molecule has 2 aromatic rings. The van der Waals surface area contributed by atoms with Crippen LogP contribution in [0.5, 0.6) is 0 Å². The number of hydrogen-bond donors (Lipinski definition) is 2. The van der Waals surface area contributed by atoms with E-state index in [1.165, 1.54) is 0 Å². The Labute approximate surface area is 128 Å². The zero-order valence-electron chi connectivity index (χ0n) is 12.1. The summed E-state index contributed by atoms with van der Waals surface area (Å²) in [5, 5.41) is 18.8. The van der Waals surface area contributed by atoms with Crippen molar-refractivity contribution in [2.45, 2.75) is 12.8 Å². The van der Waals surface area contributed by atoms with Crippen molar-refractivity contribution in [3.63, 3.8) is 0 Å². The van der Waals surface area contributed by atoms with Gasteiger partial charge in [0.1, 0.15) is 0 Å². The van der Waals surface area contributed by atoms with E-state index in [1.807, 2.05) is 36.4 Å². The molecule has 0 saturated carbocycles. The molecule has 2 N–H and O–H groups in total. The molecule has 2 heterocycles. The number of carbonyl (C=O) groups excluding carboxylic acids is 1. The zero-order valence-corrected chi connectivity index (χ0v) is 12.1. The summed E-state index contributed by atoms with van der Waals surface area (Å²) >= 11 is 0. The fourth-order valence-electron chi connectivity index (χ4n) is 2.66. The first-order valence-corrected chi connectivity index (χ1v) is 7.32. The number of aromatic nitrogens is 2. The summed E-state index contributed by atoms with van der Waals surface area (Å²) < 4.78 is 0. The van der Waals surface area contributed by atoms with Crippen molar-refractivity contribution in [1.29, 1.82) is 5.26 Å². The summed E-state index contributed by atoms with van der Waals surface area (Å²) in [4.78, 5) is 13.9. The van der Waals surface area contributed by atoms with Crippen molar-refractivity contribution >= 4 is 11.7 Å². The van der Waals surface area contributed by atoms with E-state index in [9.17, 15) is 4.79 Å². The van der Waals surface area contributed by atoms with Crippen LogP contribution in [-0.2, 0) is 4.79 Å². The molecule has 1 fully saturated rings. The highest BCUT2D eigenvalue weighted by molar-refractivity contribution is 5.92. The lowest BCUT2D eigenvalue weighted by Gasteiger charge is -2.27. The monoisotopic (exact) mass is 295 g/mol. The van der Waals surface area contributed by atoms with Gasteiger partial charge in [-0.25, -0.2) is 0 Å². The number of rotatable bonds is 3. The van der Waals surface area contributed by atoms with Gasteiger partial charge in [0.25, 0.3) is 0 Å². The van der Waals surface area contributed by atoms with Gasteiger partial charge in [0.05, 0.1) is 11.6 Å². The number of nitrogens with zero attached hydrogens (tertiary/aromatic N) is 3. The third-order valence-corrected chi connectivity index (χ3v) is 3.85. The Morgan fingerprint density at radius 1 is 1.41 bits per heavy atom. The number of aromatic amines is 1. The second-order valence-electron chi connectivity index (χ2n) is 5.41. The fourth-order valence-corrected chi connectivity index (χ4v) is 2.66. The third kappa shape index (κ3) is 3.09. The molecule has 1 aromatic heterocycles. The summed E-state index contributed by atoms with van der Waals surface area (Å²) in [5.74, 6) is 0.272. The third-order valence-electron chi connectivity index (χ3n) is 3.85. The Hall–Kier alpha value is -2.81. The second kappa shape index (κ2) is 6.31. The summed E-state index contributed by atoms with van der Waals surface area (Å²) in [7, 11) is 0. The van der Waals surface area contributed by atoms with Gasteiger partial charge in [-0.05, 0) is 18.4 Å². The molecule has 1 atom stereocenters. The van der Waals surface area contributed by atoms with E-state index in [-0.39, 0.29) is 11.8 Å². The molecule has 112 valence electrons. The summed E-state index contributed by atoms with van der Waals surface area (Å²) in [6, 6.07) is 11.6. The number of likely N-dealkylation sites (tertiary alicyclic amines) is 1. The van der Waals surface area contributed by atoms with Crippen LogP contribution >= 0.6 is 0 Å². The van der Waals surface area contributed by atoms with Crippen LogP contribution in [0.25, 0.3) is 11.3 Å². The Kier molecular flexibility index (Phi) is 4.05. The lowest BCUT2D eigenvalue weighted by Crippen LogP contribution is -2.38. The van der Waals surface area contributed by atoms with Gasteiger partial charge in [0.2, 0.25) is 5.91 Å². The van der Waals surface area contributed by atoms with E-state index >= 15 is 0 Å². The van der Waals surface area contributed by atoms with Gasteiger partial charge >= 0.3 is 0 Å². The van der Waals surface area contributed by atoms with Crippen LogP contribution in [0.4, 0.5) is 5.82 Å². The summed E-state index contributed by atoms with van der Waals surface area (Å²) in [6.45, 7) is 1.22. The van der Waals surface area contributed by atoms with Crippen LogP contribution < -0.4 is 5.32 Å². The van der Waals surface area contributed by atoms with Crippen molar-refractivity contribution in [2.75, 3.05) is 18.4 Å². The number of H-pyrrole nitrogens is 1. The Morgan fingerprint density at radius 3 is 3.00 bits per heavy atom. The van der Waals surface area contributed by atoms with Crippen molar-refractivity contribution in [3.8, 4) is 17.5 Å². The molecule has 1 unspecified atom stereocenters. The number of carbonyl (C=O) groups is 1. The number of anilines is 1. The highest BCUT2D eigenvalue weighted by atomic mass is 16.2. The molecule has 1 aliphatic heterocycles. The van der Waals surface area contributed by atoms with Gasteiger partial charge in [-0.3, -0.25) is 9.89 Å². The van der Waals surface area contributed by atoms with Gasteiger partial charge in [-0.1, -0.05) is 30.3 Å². The minimum Gasteiger partial charge on any atom is -0.310 e. The predicted octanol–water partition coefficient (Wildman–Crippen LogP) is 2.21. The van der Waals surface area contributed by atoms with E-state index in [1.54, 1.807) is 4.90 Å². The Bertz CT molecular complexity index is 688. The van der Waals surface area contributed by atoms with Crippen LogP contribution in [-0.4, -0.2) is 34.1 Å². The zero-order chi connectivity index (χ0) is 15.4. The molecule has 6 heteroatoms. The molecule has 1 saturated heterocycles. The molecule has 1 amide bonds. The normalized spacial score (nSPS) is 17.8. The van der Waals surface area contributed by atoms with E-state index in [0.29, 0.717) is 12.4 Å². The molecular formula is C16H17N5O. The number of piperidine rings is 1. The van der Waals surface area contributed by atoms with Crippen molar-refractivity contribution in [1.82, 2.24) is 15.1 Å². The molecule has 6 nitrogen and oxygen atoms in total. The smallest absolute Gasteiger partial charge is 0.230 e. The quantitative estimate of drug-likeness (QED) is 0.850. The van der Waals surface area contributed by atoms with Gasteiger partial charge < -0.3 is 10.2 Å². The van der Waals surface area contributed by atoms with E-state index in [4.69, 9.17) is 5.26 Å². The molecule has 1 aliphatic rings. The largest absolute Gasteiger partial charge is 0.310 e. The van der Waals surface area contributed by atoms with E-state index in [0.717, 1.165) is 30.6 Å². The molecular weight excluding hydrogens is 278 g/mol. The van der Waals surface area contributed by atoms with E-state index in [2.05, 4.69) is 21.7 Å². The van der Waals surface area contributed by atoms with Crippen LogP contribution in [0, 0.1) is 17.4 Å². The average molecular weight is 295 g/mol. The highest BCUT2D eigenvalue weighted by Crippen LogP contribution is 2.21. The Balaban J connectivity index is 1.65. The molecule has 22 heavy (non-hydrogen) atoms. The topological polar surface area (TPSA) is 84.8 Å². The van der Waals surface area contributed by atoms with Gasteiger partial charge in [0.15, 0.2) is 12.0 Å². The maximum Gasteiger partial charge on any atom is 0.230 e. The first-order chi connectivity index (χ1) is 10.8. The van der Waals surface area contributed by atoms with Crippen molar-refractivity contribution in [2.24, 2.45) is 5.92 Å². The van der Waals surface area contributed by atoms with Crippen LogP contribution in [0.1, 0.15) is 12.8 Å². The molecule has 1 aromatic carbocycles. The SMILES string of the molecule is N#CN1CCCC(C(=O)Nc2cc(-c3ccccc3)[nH]n2)C1. The molecule has 3 rings (SSSR count). The van der Waals surface area contributed by atoms with Crippen LogP contribution in [0.15, 0.2) is 36.4 Å². The first-order valence-electron chi connectivity index (χ1n) is 7.32. The van der Waals surface area contributed by atoms with Gasteiger partial charge in [0, 0.05) is 19.2 Å². The van der Waals surface area contributed by atoms with Crippen molar-refractivity contribution in [3.05, 3.63) is 36.4 Å². The standard InChI is InChI=1S/C16H17N5O/c17-11-21-8-4-7-13(10-21)16(22)18-15-9-14(19-20-15)12-5-2-1-3-6-12/h1-3,5-6,9,13H,4,7-8,10H2,(H2,18,19,20,22). The predicted molar refractivity (Wildman–Crippen MR) is 82.6 cm³/mol. The lowest BCUT2D eigenvalue weighted by molar-refractivity contribution is -0.121. The Morgan fingerprint density at radius 2 is 2.23 bits per heavy atom. The lowest BCUT2D eigenvalue weighted by atomic mass is 9.97. The minimum atomic E-state index is -0.162. The van der Waals surface area contributed by atoms with Crippen molar-refractivity contribution < 1.29 is 4.79 Å². The molecule has 0 spiro atoms. The maximum absolute atomic E-state index is 12.3. The second-order valence-corrected chi connectivity index (χ2v) is 5.41. The number of amides is 1. The molecule has 0 aliphatic carbocycles. The van der Waals surface area contributed by atoms with E-state index < -0.39 is 0 Å². The molecule has 0 radical (unpaired) electrons. The minimum absolute atomic E-state index is 0.0777. The average Bonchev–Trinajstić information content (AvgIpc) is 3.04. The number of hydrogen-bond acceptors (Lipinski definition) is 4. The van der Waals surface area contributed by atoms with Gasteiger partial charge in [-0.15, -0.1) is 0 Å². The van der Waals surface area contributed by atoms with Gasteiger partial charge in [-0.2, -0.15) is 10.4 Å². The summed E-state index contributed by atoms with van der Waals surface area (Å²) in [6.07, 6.45) is 3.78. The highest BCUT2D eigenvalue weighted by Gasteiger charge is 2.25. The fraction of sp³-hybridized carbons (Fsp3) is 0.312. The summed E-state index contributed by atoms with van der Waals surface area (Å²) in [5.41, 5.74) is 1.88. The first kappa shape index (κ1) is 14.1. The molecule has 0 bridgehead atoms. The van der Waals surface area contributed by atoms with Crippen LogP contribution in [0.2, 0.25) is 0 Å².